The van der Waals surface area contributed by atoms with E-state index >= 15 is 0 Å². The van der Waals surface area contributed by atoms with Crippen LogP contribution in [-0.2, 0) is 4.79 Å². The van der Waals surface area contributed by atoms with E-state index in [1.54, 1.807) is 30.1 Å². The number of hydrogen-bond donors (Lipinski definition) is 1. The molecule has 0 spiro atoms. The number of nitrogens with zero attached hydrogens (tertiary/aromatic N) is 1. The molecular weight excluding hydrogens is 248 g/mol. The molecule has 0 saturated heterocycles. The van der Waals surface area contributed by atoms with Crippen LogP contribution >= 0.6 is 11.6 Å². The average molecular weight is 267 g/mol. The molecule has 1 amide bonds. The maximum atomic E-state index is 12.4. The largest absolute Gasteiger partial charge is 0.397 e. The normalized spacial score (nSPS) is 16.6. The van der Waals surface area contributed by atoms with Crippen molar-refractivity contribution in [3.8, 4) is 0 Å². The lowest BCUT2D eigenvalue weighted by molar-refractivity contribution is -0.123. The van der Waals surface area contributed by atoms with Crippen molar-refractivity contribution >= 4 is 28.9 Å². The number of benzene rings is 1. The van der Waals surface area contributed by atoms with E-state index in [2.05, 4.69) is 0 Å². The van der Waals surface area contributed by atoms with Gasteiger partial charge in [-0.1, -0.05) is 30.9 Å². The molecule has 2 rings (SSSR count). The summed E-state index contributed by atoms with van der Waals surface area (Å²) in [6, 6.07) is 5.22. The van der Waals surface area contributed by atoms with Crippen LogP contribution in [0, 0.1) is 5.92 Å². The Labute approximate surface area is 113 Å². The van der Waals surface area contributed by atoms with Crippen molar-refractivity contribution < 1.29 is 4.79 Å². The molecule has 0 bridgehead atoms. The summed E-state index contributed by atoms with van der Waals surface area (Å²) >= 11 is 5.96. The summed E-state index contributed by atoms with van der Waals surface area (Å²) in [7, 11) is 1.78. The summed E-state index contributed by atoms with van der Waals surface area (Å²) in [4.78, 5) is 14.0. The molecule has 18 heavy (non-hydrogen) atoms. The zero-order chi connectivity index (χ0) is 13.1. The number of anilines is 2. The lowest BCUT2D eigenvalue weighted by Gasteiger charge is -2.27. The van der Waals surface area contributed by atoms with Crippen LogP contribution in [0.5, 0.6) is 0 Å². The van der Waals surface area contributed by atoms with Gasteiger partial charge in [0.15, 0.2) is 0 Å². The number of rotatable bonds is 2. The van der Waals surface area contributed by atoms with E-state index < -0.39 is 0 Å². The molecule has 0 unspecified atom stereocenters. The second-order valence-electron chi connectivity index (χ2n) is 4.94. The van der Waals surface area contributed by atoms with Crippen molar-refractivity contribution in [2.75, 3.05) is 17.7 Å². The van der Waals surface area contributed by atoms with Crippen molar-refractivity contribution in [1.29, 1.82) is 0 Å². The second-order valence-corrected chi connectivity index (χ2v) is 5.37. The summed E-state index contributed by atoms with van der Waals surface area (Å²) in [5.74, 6) is 0.297. The molecule has 3 nitrogen and oxygen atoms in total. The monoisotopic (exact) mass is 266 g/mol. The molecule has 1 saturated carbocycles. The Morgan fingerprint density at radius 1 is 1.33 bits per heavy atom. The fourth-order valence-corrected chi connectivity index (χ4v) is 2.72. The van der Waals surface area contributed by atoms with Gasteiger partial charge in [0.2, 0.25) is 5.91 Å². The maximum absolute atomic E-state index is 12.4. The van der Waals surface area contributed by atoms with Crippen molar-refractivity contribution in [3.63, 3.8) is 0 Å². The molecule has 1 aromatic rings. The third kappa shape index (κ3) is 2.78. The van der Waals surface area contributed by atoms with Gasteiger partial charge in [-0.05, 0) is 31.0 Å². The zero-order valence-corrected chi connectivity index (χ0v) is 11.4. The van der Waals surface area contributed by atoms with Gasteiger partial charge >= 0.3 is 0 Å². The van der Waals surface area contributed by atoms with E-state index in [-0.39, 0.29) is 11.8 Å². The minimum atomic E-state index is 0.141. The first-order valence-electron chi connectivity index (χ1n) is 6.42. The summed E-state index contributed by atoms with van der Waals surface area (Å²) in [6.07, 6.45) is 5.52. The second kappa shape index (κ2) is 5.61. The molecular formula is C14H19ClN2O. The van der Waals surface area contributed by atoms with Gasteiger partial charge in [-0.15, -0.1) is 0 Å². The van der Waals surface area contributed by atoms with Gasteiger partial charge in [0.1, 0.15) is 0 Å². The molecule has 0 heterocycles. The molecule has 1 aromatic carbocycles. The quantitative estimate of drug-likeness (QED) is 0.833. The molecule has 0 aliphatic heterocycles. The molecule has 98 valence electrons. The highest BCUT2D eigenvalue weighted by molar-refractivity contribution is 6.31. The molecule has 1 aliphatic rings. The Balaban J connectivity index is 2.16. The minimum absolute atomic E-state index is 0.141. The number of hydrogen-bond acceptors (Lipinski definition) is 2. The first-order valence-corrected chi connectivity index (χ1v) is 6.80. The number of halogens is 1. The highest BCUT2D eigenvalue weighted by Gasteiger charge is 2.25. The van der Waals surface area contributed by atoms with Gasteiger partial charge in [0, 0.05) is 18.0 Å². The Morgan fingerprint density at radius 2 is 2.00 bits per heavy atom. The van der Waals surface area contributed by atoms with E-state index in [1.165, 1.54) is 6.42 Å². The first-order chi connectivity index (χ1) is 8.59. The Morgan fingerprint density at radius 3 is 2.67 bits per heavy atom. The number of nitrogen functional groups attached to an aromatic ring is 1. The molecule has 1 aliphatic carbocycles. The zero-order valence-electron chi connectivity index (χ0n) is 10.7. The van der Waals surface area contributed by atoms with Gasteiger partial charge in [-0.2, -0.15) is 0 Å². The average Bonchev–Trinajstić information content (AvgIpc) is 2.41. The number of carbonyl (C=O) groups is 1. The lowest BCUT2D eigenvalue weighted by Crippen LogP contribution is -2.34. The smallest absolute Gasteiger partial charge is 0.229 e. The van der Waals surface area contributed by atoms with Gasteiger partial charge < -0.3 is 10.6 Å². The van der Waals surface area contributed by atoms with E-state index in [4.69, 9.17) is 17.3 Å². The third-order valence-electron chi connectivity index (χ3n) is 3.64. The summed E-state index contributed by atoms with van der Waals surface area (Å²) in [5, 5.41) is 0.600. The summed E-state index contributed by atoms with van der Waals surface area (Å²) < 4.78 is 0. The summed E-state index contributed by atoms with van der Waals surface area (Å²) in [5.41, 5.74) is 7.20. The maximum Gasteiger partial charge on any atom is 0.229 e. The fraction of sp³-hybridized carbons (Fsp3) is 0.500. The van der Waals surface area contributed by atoms with Gasteiger partial charge in [-0.3, -0.25) is 4.79 Å². The van der Waals surface area contributed by atoms with Crippen LogP contribution in [-0.4, -0.2) is 13.0 Å². The van der Waals surface area contributed by atoms with Crippen LogP contribution in [0.25, 0.3) is 0 Å². The SMILES string of the molecule is CN(C(=O)C1CCCCC1)c1cc(Cl)ccc1N. The van der Waals surface area contributed by atoms with Gasteiger partial charge in [0.25, 0.3) is 0 Å². The van der Waals surface area contributed by atoms with Gasteiger partial charge in [-0.25, -0.2) is 0 Å². The summed E-state index contributed by atoms with van der Waals surface area (Å²) in [6.45, 7) is 0. The minimum Gasteiger partial charge on any atom is -0.397 e. The number of carbonyl (C=O) groups excluding carboxylic acids is 1. The highest BCUT2D eigenvalue weighted by atomic mass is 35.5. The predicted molar refractivity (Wildman–Crippen MR) is 75.8 cm³/mol. The molecule has 0 aromatic heterocycles. The van der Waals surface area contributed by atoms with Gasteiger partial charge in [0.05, 0.1) is 11.4 Å². The first kappa shape index (κ1) is 13.2. The topological polar surface area (TPSA) is 46.3 Å². The number of amides is 1. The van der Waals surface area contributed by atoms with Crippen LogP contribution in [0.2, 0.25) is 5.02 Å². The lowest BCUT2D eigenvalue weighted by atomic mass is 9.88. The highest BCUT2D eigenvalue weighted by Crippen LogP contribution is 2.30. The molecule has 2 N–H and O–H groups in total. The van der Waals surface area contributed by atoms with Crippen LogP contribution < -0.4 is 10.6 Å². The standard InChI is InChI=1S/C14H19ClN2O/c1-17(13-9-11(15)7-8-12(13)16)14(18)10-5-3-2-4-6-10/h7-10H,2-6,16H2,1H3. The van der Waals surface area contributed by atoms with E-state index in [1.807, 2.05) is 0 Å². The van der Waals surface area contributed by atoms with Crippen molar-refractivity contribution in [2.45, 2.75) is 32.1 Å². The number of nitrogens with two attached hydrogens (primary N) is 1. The fourth-order valence-electron chi connectivity index (χ4n) is 2.55. The van der Waals surface area contributed by atoms with Crippen molar-refractivity contribution in [1.82, 2.24) is 0 Å². The molecule has 0 atom stereocenters. The Bertz CT molecular complexity index is 441. The Kier molecular flexibility index (Phi) is 4.12. The molecule has 1 fully saturated rings. The predicted octanol–water partition coefficient (Wildman–Crippen LogP) is 3.47. The Hall–Kier alpha value is -1.22. The van der Waals surface area contributed by atoms with E-state index in [9.17, 15) is 4.79 Å². The van der Waals surface area contributed by atoms with Crippen molar-refractivity contribution in [2.24, 2.45) is 5.92 Å². The van der Waals surface area contributed by atoms with Crippen LogP contribution in [0.3, 0.4) is 0 Å². The third-order valence-corrected chi connectivity index (χ3v) is 3.87. The molecule has 4 heteroatoms. The van der Waals surface area contributed by atoms with Crippen LogP contribution in [0.15, 0.2) is 18.2 Å². The van der Waals surface area contributed by atoms with Crippen LogP contribution in [0.4, 0.5) is 11.4 Å². The van der Waals surface area contributed by atoms with Crippen molar-refractivity contribution in [3.05, 3.63) is 23.2 Å². The molecule has 0 radical (unpaired) electrons. The van der Waals surface area contributed by atoms with E-state index in [0.717, 1.165) is 25.7 Å². The van der Waals surface area contributed by atoms with E-state index in [0.29, 0.717) is 16.4 Å². The van der Waals surface area contributed by atoms with Crippen LogP contribution in [0.1, 0.15) is 32.1 Å².